The van der Waals surface area contributed by atoms with Crippen molar-refractivity contribution < 1.29 is 0 Å². The number of benzene rings is 1. The summed E-state index contributed by atoms with van der Waals surface area (Å²) in [6, 6.07) is 8.69. The normalized spacial score (nSPS) is 11.9. The van der Waals surface area contributed by atoms with E-state index in [2.05, 4.69) is 48.1 Å². The van der Waals surface area contributed by atoms with Crippen LogP contribution in [0.4, 0.5) is 5.69 Å². The van der Waals surface area contributed by atoms with Crippen LogP contribution in [0, 0.1) is 0 Å². The maximum absolute atomic E-state index is 12.6. The molecule has 0 atom stereocenters. The van der Waals surface area contributed by atoms with Gasteiger partial charge in [0.05, 0.1) is 17.4 Å². The molecule has 0 radical (unpaired) electrons. The molecule has 0 saturated heterocycles. The van der Waals surface area contributed by atoms with Crippen molar-refractivity contribution in [2.75, 3.05) is 25.0 Å². The maximum Gasteiger partial charge on any atom is 0.288 e. The molecular formula is C23H35ClN4O. The molecule has 0 aliphatic rings. The van der Waals surface area contributed by atoms with Crippen LogP contribution in [-0.4, -0.2) is 34.8 Å². The van der Waals surface area contributed by atoms with Crippen molar-refractivity contribution in [3.8, 4) is 0 Å². The van der Waals surface area contributed by atoms with E-state index in [0.29, 0.717) is 12.2 Å². The molecule has 0 fully saturated rings. The van der Waals surface area contributed by atoms with Gasteiger partial charge in [-0.1, -0.05) is 49.7 Å². The first-order chi connectivity index (χ1) is 13.7. The molecule has 1 aromatic carbocycles. The van der Waals surface area contributed by atoms with Gasteiger partial charge in [-0.3, -0.25) is 9.69 Å². The molecule has 29 heavy (non-hydrogen) atoms. The van der Waals surface area contributed by atoms with Gasteiger partial charge in [0.1, 0.15) is 5.02 Å². The molecule has 0 aliphatic carbocycles. The minimum Gasteiger partial charge on any atom is -0.368 e. The molecule has 0 spiro atoms. The third kappa shape index (κ3) is 6.31. The molecule has 0 aliphatic heterocycles. The second-order valence-electron chi connectivity index (χ2n) is 8.68. The highest BCUT2D eigenvalue weighted by molar-refractivity contribution is 6.33. The highest BCUT2D eigenvalue weighted by atomic mass is 35.5. The minimum absolute atomic E-state index is 0.212. The van der Waals surface area contributed by atoms with Crippen LogP contribution < -0.4 is 10.5 Å². The van der Waals surface area contributed by atoms with Crippen molar-refractivity contribution in [2.45, 2.75) is 66.1 Å². The van der Waals surface area contributed by atoms with Crippen molar-refractivity contribution >= 4 is 17.3 Å². The van der Waals surface area contributed by atoms with E-state index in [-0.39, 0.29) is 10.6 Å². The Bertz CT molecular complexity index is 833. The Balaban J connectivity index is 2.10. The number of hydrogen-bond acceptors (Lipinski definition) is 4. The van der Waals surface area contributed by atoms with Crippen LogP contribution in [0.3, 0.4) is 0 Å². The lowest BCUT2D eigenvalue weighted by Crippen LogP contribution is -2.37. The minimum atomic E-state index is -0.406. The summed E-state index contributed by atoms with van der Waals surface area (Å²) in [5.41, 5.74) is 2.48. The average molecular weight is 419 g/mol. The van der Waals surface area contributed by atoms with Crippen LogP contribution in [-0.2, 0) is 18.6 Å². The number of rotatable bonds is 9. The standard InChI is InChI=1S/C23H35ClN4O/c1-7-13-27(14-8-2)17-19-11-9-18(10-12-19)16-26(6)20-15-25-28(23(3,4)5)22(29)21(20)24/h9-12,15H,7-8,13-14,16-17H2,1-6H3. The van der Waals surface area contributed by atoms with Crippen molar-refractivity contribution in [1.82, 2.24) is 14.7 Å². The van der Waals surface area contributed by atoms with Gasteiger partial charge < -0.3 is 4.90 Å². The van der Waals surface area contributed by atoms with E-state index >= 15 is 0 Å². The predicted octanol–water partition coefficient (Wildman–Crippen LogP) is 4.91. The van der Waals surface area contributed by atoms with Crippen molar-refractivity contribution in [2.24, 2.45) is 0 Å². The molecular weight excluding hydrogens is 384 g/mol. The molecule has 160 valence electrons. The average Bonchev–Trinajstić information content (AvgIpc) is 2.64. The van der Waals surface area contributed by atoms with Gasteiger partial charge in [-0.05, 0) is 57.8 Å². The lowest BCUT2D eigenvalue weighted by molar-refractivity contribution is 0.266. The van der Waals surface area contributed by atoms with E-state index in [4.69, 9.17) is 11.6 Å². The van der Waals surface area contributed by atoms with Crippen LogP contribution in [0.15, 0.2) is 35.3 Å². The van der Waals surface area contributed by atoms with Gasteiger partial charge in [-0.2, -0.15) is 5.10 Å². The highest BCUT2D eigenvalue weighted by Crippen LogP contribution is 2.23. The number of aromatic nitrogens is 2. The fourth-order valence-electron chi connectivity index (χ4n) is 3.44. The molecule has 5 nitrogen and oxygen atoms in total. The predicted molar refractivity (Wildman–Crippen MR) is 123 cm³/mol. The molecule has 0 bridgehead atoms. The third-order valence-electron chi connectivity index (χ3n) is 4.88. The Labute approximate surface area is 180 Å². The fraction of sp³-hybridized carbons (Fsp3) is 0.565. The Morgan fingerprint density at radius 2 is 1.52 bits per heavy atom. The molecule has 0 saturated carbocycles. The Kier molecular flexibility index (Phi) is 8.29. The van der Waals surface area contributed by atoms with Crippen molar-refractivity contribution in [3.05, 3.63) is 57.0 Å². The molecule has 2 aromatic rings. The first kappa shape index (κ1) is 23.4. The van der Waals surface area contributed by atoms with Gasteiger partial charge in [0.2, 0.25) is 0 Å². The zero-order valence-electron chi connectivity index (χ0n) is 18.7. The SMILES string of the molecule is CCCN(CCC)Cc1ccc(CN(C)c2cnn(C(C)(C)C)c(=O)c2Cl)cc1. The number of nitrogens with zero attached hydrogens (tertiary/aromatic N) is 4. The molecule has 0 unspecified atom stereocenters. The topological polar surface area (TPSA) is 41.4 Å². The molecule has 1 aromatic heterocycles. The summed E-state index contributed by atoms with van der Waals surface area (Å²) in [6.45, 7) is 14.2. The monoisotopic (exact) mass is 418 g/mol. The summed E-state index contributed by atoms with van der Waals surface area (Å²) in [7, 11) is 1.93. The first-order valence-electron chi connectivity index (χ1n) is 10.5. The summed E-state index contributed by atoms with van der Waals surface area (Å²) in [4.78, 5) is 17.1. The molecule has 0 amide bonds. The number of halogens is 1. The van der Waals surface area contributed by atoms with Crippen LogP contribution >= 0.6 is 11.6 Å². The Morgan fingerprint density at radius 1 is 1.00 bits per heavy atom. The second-order valence-corrected chi connectivity index (χ2v) is 9.06. The molecule has 6 heteroatoms. The lowest BCUT2D eigenvalue weighted by atomic mass is 10.1. The summed E-state index contributed by atoms with van der Waals surface area (Å²) >= 11 is 6.39. The van der Waals surface area contributed by atoms with E-state index in [9.17, 15) is 4.79 Å². The molecule has 1 heterocycles. The van der Waals surface area contributed by atoms with Crippen LogP contribution in [0.25, 0.3) is 0 Å². The fourth-order valence-corrected chi connectivity index (χ4v) is 3.71. The Hall–Kier alpha value is -1.85. The smallest absolute Gasteiger partial charge is 0.288 e. The highest BCUT2D eigenvalue weighted by Gasteiger charge is 2.20. The van der Waals surface area contributed by atoms with Gasteiger partial charge in [0.25, 0.3) is 5.56 Å². The van der Waals surface area contributed by atoms with Crippen LogP contribution in [0.2, 0.25) is 5.02 Å². The number of anilines is 1. The van der Waals surface area contributed by atoms with Gasteiger partial charge >= 0.3 is 0 Å². The zero-order chi connectivity index (χ0) is 21.6. The molecule has 0 N–H and O–H groups in total. The number of hydrogen-bond donors (Lipinski definition) is 0. The van der Waals surface area contributed by atoms with Gasteiger partial charge in [-0.15, -0.1) is 0 Å². The van der Waals surface area contributed by atoms with Gasteiger partial charge in [-0.25, -0.2) is 4.68 Å². The summed E-state index contributed by atoms with van der Waals surface area (Å²) < 4.78 is 1.43. The van der Waals surface area contributed by atoms with E-state index in [1.54, 1.807) is 6.20 Å². The van der Waals surface area contributed by atoms with Gasteiger partial charge in [0, 0.05) is 20.1 Å². The summed E-state index contributed by atoms with van der Waals surface area (Å²) in [6.07, 6.45) is 4.02. The van der Waals surface area contributed by atoms with Gasteiger partial charge in [0.15, 0.2) is 0 Å². The molecule has 2 rings (SSSR count). The van der Waals surface area contributed by atoms with Crippen LogP contribution in [0.1, 0.15) is 58.6 Å². The third-order valence-corrected chi connectivity index (χ3v) is 5.23. The van der Waals surface area contributed by atoms with Crippen molar-refractivity contribution in [1.29, 1.82) is 0 Å². The van der Waals surface area contributed by atoms with E-state index in [1.807, 2.05) is 32.7 Å². The first-order valence-corrected chi connectivity index (χ1v) is 10.8. The van der Waals surface area contributed by atoms with Crippen molar-refractivity contribution in [3.63, 3.8) is 0 Å². The van der Waals surface area contributed by atoms with Crippen LogP contribution in [0.5, 0.6) is 0 Å². The largest absolute Gasteiger partial charge is 0.368 e. The van der Waals surface area contributed by atoms with E-state index in [0.717, 1.165) is 19.6 Å². The zero-order valence-corrected chi connectivity index (χ0v) is 19.5. The quantitative estimate of drug-likeness (QED) is 0.580. The Morgan fingerprint density at radius 3 is 2.00 bits per heavy atom. The summed E-state index contributed by atoms with van der Waals surface area (Å²) in [5.74, 6) is 0. The summed E-state index contributed by atoms with van der Waals surface area (Å²) in [5, 5.41) is 4.54. The van der Waals surface area contributed by atoms with E-state index in [1.165, 1.54) is 28.7 Å². The second kappa shape index (κ2) is 10.3. The maximum atomic E-state index is 12.6. The van der Waals surface area contributed by atoms with E-state index < -0.39 is 5.54 Å². The lowest BCUT2D eigenvalue weighted by Gasteiger charge is -2.24.